The molecule has 1 N–H and O–H groups in total. The smallest absolute Gasteiger partial charge is 0.0709 e. The highest BCUT2D eigenvalue weighted by Crippen LogP contribution is 2.26. The van der Waals surface area contributed by atoms with Crippen LogP contribution in [0.25, 0.3) is 5.52 Å². The Kier molecular flexibility index (Phi) is 1.77. The standard InChI is InChI=1S/C11H13N3/c1-4-10(12-6-1)9-3-2-8-14-11(9)5-7-13-14/h2-3,5,7-8,10,12H,1,4,6H2/t10-/m1/s1. The molecule has 3 heteroatoms. The van der Waals surface area contributed by atoms with Crippen molar-refractivity contribution in [1.29, 1.82) is 0 Å². The highest BCUT2D eigenvalue weighted by molar-refractivity contribution is 5.55. The van der Waals surface area contributed by atoms with Gasteiger partial charge in [-0.05, 0) is 37.1 Å². The van der Waals surface area contributed by atoms with Crippen LogP contribution in [0, 0.1) is 0 Å². The number of nitrogens with zero attached hydrogens (tertiary/aromatic N) is 2. The zero-order valence-electron chi connectivity index (χ0n) is 7.98. The Morgan fingerprint density at radius 3 is 3.29 bits per heavy atom. The molecule has 3 rings (SSSR count). The maximum atomic E-state index is 4.24. The van der Waals surface area contributed by atoms with Crippen molar-refractivity contribution < 1.29 is 0 Å². The number of aromatic nitrogens is 2. The molecule has 3 heterocycles. The van der Waals surface area contributed by atoms with Crippen molar-refractivity contribution in [2.24, 2.45) is 0 Å². The minimum atomic E-state index is 0.524. The SMILES string of the molecule is c1cc([C@H]2CCCN2)c2ccnn2c1. The first kappa shape index (κ1) is 8.00. The summed E-state index contributed by atoms with van der Waals surface area (Å²) in [6.07, 6.45) is 6.37. The average molecular weight is 187 g/mol. The van der Waals surface area contributed by atoms with Crippen LogP contribution in [0.4, 0.5) is 0 Å². The third kappa shape index (κ3) is 1.13. The summed E-state index contributed by atoms with van der Waals surface area (Å²) in [5, 5.41) is 7.75. The second kappa shape index (κ2) is 3.10. The first-order chi connectivity index (χ1) is 6.95. The van der Waals surface area contributed by atoms with Crippen molar-refractivity contribution in [3.8, 4) is 0 Å². The lowest BCUT2D eigenvalue weighted by molar-refractivity contribution is 0.649. The lowest BCUT2D eigenvalue weighted by atomic mass is 10.1. The monoisotopic (exact) mass is 187 g/mol. The molecule has 0 saturated carbocycles. The van der Waals surface area contributed by atoms with Crippen molar-refractivity contribution in [3.63, 3.8) is 0 Å². The molecule has 0 spiro atoms. The van der Waals surface area contributed by atoms with Crippen LogP contribution in [0.2, 0.25) is 0 Å². The van der Waals surface area contributed by atoms with E-state index in [9.17, 15) is 0 Å². The summed E-state index contributed by atoms with van der Waals surface area (Å²) < 4.78 is 1.94. The molecule has 0 bridgehead atoms. The zero-order chi connectivity index (χ0) is 9.38. The molecule has 1 fully saturated rings. The van der Waals surface area contributed by atoms with E-state index in [0.717, 1.165) is 6.54 Å². The van der Waals surface area contributed by atoms with Crippen LogP contribution in [0.3, 0.4) is 0 Å². The van der Waals surface area contributed by atoms with E-state index in [4.69, 9.17) is 0 Å². The Balaban J connectivity index is 2.14. The molecular formula is C11H13N3. The molecule has 1 aliphatic heterocycles. The molecular weight excluding hydrogens is 174 g/mol. The van der Waals surface area contributed by atoms with Crippen LogP contribution >= 0.6 is 0 Å². The second-order valence-electron chi connectivity index (χ2n) is 3.77. The van der Waals surface area contributed by atoms with Crippen LogP contribution in [-0.4, -0.2) is 16.2 Å². The van der Waals surface area contributed by atoms with Gasteiger partial charge in [-0.25, -0.2) is 4.52 Å². The summed E-state index contributed by atoms with van der Waals surface area (Å²) in [5.41, 5.74) is 2.61. The Labute approximate surface area is 82.7 Å². The number of rotatable bonds is 1. The van der Waals surface area contributed by atoms with E-state index in [1.54, 1.807) is 0 Å². The van der Waals surface area contributed by atoms with Crippen molar-refractivity contribution in [2.75, 3.05) is 6.54 Å². The van der Waals surface area contributed by atoms with E-state index in [1.165, 1.54) is 23.9 Å². The number of hydrogen-bond acceptors (Lipinski definition) is 2. The van der Waals surface area contributed by atoms with Crippen molar-refractivity contribution in [2.45, 2.75) is 18.9 Å². The summed E-state index contributed by atoms with van der Waals surface area (Å²) in [5.74, 6) is 0. The maximum absolute atomic E-state index is 4.24. The van der Waals surface area contributed by atoms with Gasteiger partial charge in [0.25, 0.3) is 0 Å². The number of fused-ring (bicyclic) bond motifs is 1. The highest BCUT2D eigenvalue weighted by Gasteiger charge is 2.18. The van der Waals surface area contributed by atoms with Crippen LogP contribution in [0.5, 0.6) is 0 Å². The van der Waals surface area contributed by atoms with Gasteiger partial charge in [-0.3, -0.25) is 0 Å². The minimum absolute atomic E-state index is 0.524. The van der Waals surface area contributed by atoms with E-state index in [0.29, 0.717) is 6.04 Å². The van der Waals surface area contributed by atoms with Gasteiger partial charge in [0, 0.05) is 18.4 Å². The van der Waals surface area contributed by atoms with Crippen LogP contribution in [0.1, 0.15) is 24.4 Å². The molecule has 14 heavy (non-hydrogen) atoms. The molecule has 1 aliphatic rings. The van der Waals surface area contributed by atoms with Gasteiger partial charge >= 0.3 is 0 Å². The quantitative estimate of drug-likeness (QED) is 0.737. The molecule has 0 unspecified atom stereocenters. The lowest BCUT2D eigenvalue weighted by Crippen LogP contribution is -2.13. The predicted octanol–water partition coefficient (Wildman–Crippen LogP) is 1.76. The number of pyridine rings is 1. The zero-order valence-corrected chi connectivity index (χ0v) is 7.98. The van der Waals surface area contributed by atoms with Crippen molar-refractivity contribution in [3.05, 3.63) is 36.2 Å². The lowest BCUT2D eigenvalue weighted by Gasteiger charge is -2.11. The molecule has 72 valence electrons. The fourth-order valence-electron chi connectivity index (χ4n) is 2.22. The van der Waals surface area contributed by atoms with Gasteiger partial charge in [-0.1, -0.05) is 6.07 Å². The summed E-state index contributed by atoms with van der Waals surface area (Å²) in [4.78, 5) is 0. The van der Waals surface area contributed by atoms with Crippen molar-refractivity contribution in [1.82, 2.24) is 14.9 Å². The third-order valence-corrected chi connectivity index (χ3v) is 2.90. The van der Waals surface area contributed by atoms with Crippen molar-refractivity contribution >= 4 is 5.52 Å². The van der Waals surface area contributed by atoms with Crippen LogP contribution in [0.15, 0.2) is 30.6 Å². The van der Waals surface area contributed by atoms with E-state index in [2.05, 4.69) is 28.6 Å². The second-order valence-corrected chi connectivity index (χ2v) is 3.77. The summed E-state index contributed by atoms with van der Waals surface area (Å²) in [6, 6.07) is 6.86. The summed E-state index contributed by atoms with van der Waals surface area (Å²) in [7, 11) is 0. The maximum Gasteiger partial charge on any atom is 0.0709 e. The van der Waals surface area contributed by atoms with Crippen LogP contribution in [-0.2, 0) is 0 Å². The number of hydrogen-bond donors (Lipinski definition) is 1. The van der Waals surface area contributed by atoms with E-state index >= 15 is 0 Å². The van der Waals surface area contributed by atoms with Crippen LogP contribution < -0.4 is 5.32 Å². The van der Waals surface area contributed by atoms with Gasteiger partial charge in [0.15, 0.2) is 0 Å². The molecule has 1 saturated heterocycles. The summed E-state index contributed by atoms with van der Waals surface area (Å²) >= 11 is 0. The molecule has 2 aromatic rings. The largest absolute Gasteiger partial charge is 0.310 e. The first-order valence-electron chi connectivity index (χ1n) is 5.11. The Hall–Kier alpha value is -1.35. The average Bonchev–Trinajstić information content (AvgIpc) is 2.88. The van der Waals surface area contributed by atoms with Gasteiger partial charge in [0.1, 0.15) is 0 Å². The van der Waals surface area contributed by atoms with Gasteiger partial charge < -0.3 is 5.32 Å². The van der Waals surface area contributed by atoms with E-state index in [-0.39, 0.29) is 0 Å². The van der Waals surface area contributed by atoms with E-state index < -0.39 is 0 Å². The topological polar surface area (TPSA) is 29.3 Å². The van der Waals surface area contributed by atoms with Gasteiger partial charge in [0.2, 0.25) is 0 Å². The Morgan fingerprint density at radius 1 is 1.43 bits per heavy atom. The number of nitrogens with one attached hydrogen (secondary N) is 1. The fraction of sp³-hybridized carbons (Fsp3) is 0.364. The molecule has 2 aromatic heterocycles. The molecule has 3 nitrogen and oxygen atoms in total. The molecule has 0 aromatic carbocycles. The predicted molar refractivity (Wildman–Crippen MR) is 55.2 cm³/mol. The van der Waals surface area contributed by atoms with Gasteiger partial charge in [0.05, 0.1) is 5.52 Å². The van der Waals surface area contributed by atoms with E-state index in [1.807, 2.05) is 16.9 Å². The molecule has 1 atom stereocenters. The van der Waals surface area contributed by atoms with Gasteiger partial charge in [-0.15, -0.1) is 0 Å². The normalized spacial score (nSPS) is 21.9. The summed E-state index contributed by atoms with van der Waals surface area (Å²) in [6.45, 7) is 1.14. The highest BCUT2D eigenvalue weighted by atomic mass is 15.2. The molecule has 0 aliphatic carbocycles. The fourth-order valence-corrected chi connectivity index (χ4v) is 2.22. The first-order valence-corrected chi connectivity index (χ1v) is 5.11. The minimum Gasteiger partial charge on any atom is -0.310 e. The third-order valence-electron chi connectivity index (χ3n) is 2.90. The molecule has 0 radical (unpaired) electrons. The van der Waals surface area contributed by atoms with Gasteiger partial charge in [-0.2, -0.15) is 5.10 Å². The molecule has 0 amide bonds. The Morgan fingerprint density at radius 2 is 2.43 bits per heavy atom. The Bertz CT molecular complexity index is 440.